The summed E-state index contributed by atoms with van der Waals surface area (Å²) in [4.78, 5) is 17.8. The van der Waals surface area contributed by atoms with Crippen molar-refractivity contribution < 1.29 is 4.92 Å². The molecule has 3 aromatic rings. The van der Waals surface area contributed by atoms with Crippen LogP contribution in [0, 0.1) is 10.1 Å². The minimum absolute atomic E-state index is 0.0215. The minimum Gasteiger partial charge on any atom is -0.358 e. The molecular formula is C16H19N7O2. The van der Waals surface area contributed by atoms with E-state index in [0.29, 0.717) is 18.0 Å². The Morgan fingerprint density at radius 1 is 1.40 bits per heavy atom. The van der Waals surface area contributed by atoms with Crippen LogP contribution in [0.25, 0.3) is 5.65 Å². The Balaban J connectivity index is 1.71. The molecule has 9 heteroatoms. The van der Waals surface area contributed by atoms with Crippen molar-refractivity contribution in [1.29, 1.82) is 0 Å². The lowest BCUT2D eigenvalue weighted by Gasteiger charge is -2.32. The molecule has 0 N–H and O–H groups in total. The highest BCUT2D eigenvalue weighted by Gasteiger charge is 2.32. The monoisotopic (exact) mass is 341 g/mol. The zero-order valence-corrected chi connectivity index (χ0v) is 13.9. The number of imidazole rings is 1. The standard InChI is InChI=1S/C16H19N7O2/c1-2-20-11-17-19-14(20)12-6-5-8-21(10-12)15-16(23(24)25)22-9-4-3-7-13(22)18-15/h3-4,7,9,11-12H,2,5-6,8,10H2,1H3/t12-/m1/s1. The first-order chi connectivity index (χ1) is 12.2. The van der Waals surface area contributed by atoms with E-state index in [1.165, 1.54) is 4.40 Å². The van der Waals surface area contributed by atoms with E-state index >= 15 is 0 Å². The van der Waals surface area contributed by atoms with E-state index in [0.717, 1.165) is 31.8 Å². The number of aromatic nitrogens is 5. The van der Waals surface area contributed by atoms with E-state index in [-0.39, 0.29) is 16.7 Å². The van der Waals surface area contributed by atoms with Crippen molar-refractivity contribution in [3.63, 3.8) is 0 Å². The van der Waals surface area contributed by atoms with Crippen LogP contribution < -0.4 is 4.90 Å². The van der Waals surface area contributed by atoms with Gasteiger partial charge >= 0.3 is 5.82 Å². The van der Waals surface area contributed by atoms with E-state index in [9.17, 15) is 10.1 Å². The van der Waals surface area contributed by atoms with E-state index in [4.69, 9.17) is 0 Å². The fourth-order valence-corrected chi connectivity index (χ4v) is 3.56. The third-order valence-corrected chi connectivity index (χ3v) is 4.73. The van der Waals surface area contributed by atoms with Crippen molar-refractivity contribution in [2.45, 2.75) is 32.2 Å². The molecule has 25 heavy (non-hydrogen) atoms. The SMILES string of the molecule is CCn1cnnc1[C@@H]1CCCN(c2nc3ccccn3c2[N+](=O)[O-])C1. The van der Waals surface area contributed by atoms with Gasteiger partial charge in [0.25, 0.3) is 0 Å². The summed E-state index contributed by atoms with van der Waals surface area (Å²) in [5.41, 5.74) is 0.586. The van der Waals surface area contributed by atoms with E-state index < -0.39 is 0 Å². The number of hydrogen-bond acceptors (Lipinski definition) is 6. The highest BCUT2D eigenvalue weighted by atomic mass is 16.6. The molecule has 1 saturated heterocycles. The molecule has 3 aromatic heterocycles. The lowest BCUT2D eigenvalue weighted by Crippen LogP contribution is -2.36. The molecule has 0 aliphatic carbocycles. The van der Waals surface area contributed by atoms with Crippen LogP contribution in [0.2, 0.25) is 0 Å². The first-order valence-corrected chi connectivity index (χ1v) is 8.43. The maximum absolute atomic E-state index is 11.6. The number of nitrogens with zero attached hydrogens (tertiary/aromatic N) is 7. The Morgan fingerprint density at radius 3 is 3.08 bits per heavy atom. The second kappa shape index (κ2) is 6.15. The largest absolute Gasteiger partial charge is 0.372 e. The molecule has 1 atom stereocenters. The predicted octanol–water partition coefficient (Wildman–Crippen LogP) is 2.24. The van der Waals surface area contributed by atoms with Crippen molar-refractivity contribution in [2.75, 3.05) is 18.0 Å². The van der Waals surface area contributed by atoms with Crippen molar-refractivity contribution >= 4 is 17.3 Å². The molecule has 0 saturated carbocycles. The quantitative estimate of drug-likeness (QED) is 0.533. The topological polar surface area (TPSA) is 94.4 Å². The van der Waals surface area contributed by atoms with Crippen LogP contribution in [0.3, 0.4) is 0 Å². The summed E-state index contributed by atoms with van der Waals surface area (Å²) >= 11 is 0. The van der Waals surface area contributed by atoms with E-state index in [2.05, 4.69) is 22.1 Å². The summed E-state index contributed by atoms with van der Waals surface area (Å²) in [7, 11) is 0. The van der Waals surface area contributed by atoms with Gasteiger partial charge in [-0.15, -0.1) is 10.2 Å². The number of aryl methyl sites for hydroxylation is 1. The fraction of sp³-hybridized carbons (Fsp3) is 0.438. The molecule has 4 heterocycles. The van der Waals surface area contributed by atoms with Gasteiger partial charge in [-0.3, -0.25) is 0 Å². The Morgan fingerprint density at radius 2 is 2.28 bits per heavy atom. The molecule has 0 bridgehead atoms. The Kier molecular flexibility index (Phi) is 3.83. The summed E-state index contributed by atoms with van der Waals surface area (Å²) in [6, 6.07) is 5.39. The highest BCUT2D eigenvalue weighted by Crippen LogP contribution is 2.34. The fourth-order valence-electron chi connectivity index (χ4n) is 3.56. The highest BCUT2D eigenvalue weighted by molar-refractivity contribution is 5.63. The van der Waals surface area contributed by atoms with Crippen LogP contribution >= 0.6 is 0 Å². The Labute approximate surface area is 144 Å². The number of fused-ring (bicyclic) bond motifs is 1. The first kappa shape index (κ1) is 15.6. The number of anilines is 1. The number of piperidine rings is 1. The van der Waals surface area contributed by atoms with Crippen LogP contribution in [0.5, 0.6) is 0 Å². The van der Waals surface area contributed by atoms with E-state index in [1.807, 2.05) is 15.5 Å². The van der Waals surface area contributed by atoms with Gasteiger partial charge in [-0.25, -0.2) is 0 Å². The molecule has 1 fully saturated rings. The summed E-state index contributed by atoms with van der Waals surface area (Å²) in [5.74, 6) is 1.59. The molecule has 1 aliphatic rings. The molecule has 0 radical (unpaired) electrons. The van der Waals surface area contributed by atoms with Crippen molar-refractivity contribution in [3.8, 4) is 0 Å². The average Bonchev–Trinajstić information content (AvgIpc) is 3.26. The van der Waals surface area contributed by atoms with Gasteiger partial charge in [0.15, 0.2) is 0 Å². The van der Waals surface area contributed by atoms with Gasteiger partial charge in [-0.1, -0.05) is 6.07 Å². The summed E-state index contributed by atoms with van der Waals surface area (Å²) < 4.78 is 3.57. The van der Waals surface area contributed by atoms with Crippen LogP contribution in [0.4, 0.5) is 11.6 Å². The number of hydrogen-bond donors (Lipinski definition) is 0. The lowest BCUT2D eigenvalue weighted by molar-refractivity contribution is -0.389. The zero-order valence-electron chi connectivity index (χ0n) is 13.9. The number of pyridine rings is 1. The van der Waals surface area contributed by atoms with Gasteiger partial charge in [0, 0.05) is 31.6 Å². The van der Waals surface area contributed by atoms with Crippen LogP contribution in [0.1, 0.15) is 31.5 Å². The molecule has 130 valence electrons. The second-order valence-electron chi connectivity index (χ2n) is 6.21. The van der Waals surface area contributed by atoms with Crippen LogP contribution in [-0.4, -0.2) is 42.2 Å². The maximum atomic E-state index is 11.6. The van der Waals surface area contributed by atoms with Crippen molar-refractivity contribution in [1.82, 2.24) is 24.1 Å². The number of nitro groups is 1. The van der Waals surface area contributed by atoms with Gasteiger partial charge < -0.3 is 19.6 Å². The molecule has 0 spiro atoms. The third-order valence-electron chi connectivity index (χ3n) is 4.73. The van der Waals surface area contributed by atoms with Crippen molar-refractivity contribution in [3.05, 3.63) is 46.7 Å². The summed E-state index contributed by atoms with van der Waals surface area (Å²) in [6.45, 7) is 4.28. The van der Waals surface area contributed by atoms with Crippen molar-refractivity contribution in [2.24, 2.45) is 0 Å². The minimum atomic E-state index is -0.354. The average molecular weight is 341 g/mol. The molecule has 0 amide bonds. The van der Waals surface area contributed by atoms with Crippen LogP contribution in [-0.2, 0) is 6.54 Å². The first-order valence-electron chi connectivity index (χ1n) is 8.43. The molecule has 0 unspecified atom stereocenters. The smallest absolute Gasteiger partial charge is 0.358 e. The molecule has 9 nitrogen and oxygen atoms in total. The van der Waals surface area contributed by atoms with Crippen LogP contribution in [0.15, 0.2) is 30.7 Å². The number of rotatable bonds is 4. The molecule has 1 aliphatic heterocycles. The van der Waals surface area contributed by atoms with Gasteiger partial charge in [-0.05, 0) is 30.8 Å². The van der Waals surface area contributed by atoms with Gasteiger partial charge in [-0.2, -0.15) is 9.38 Å². The van der Waals surface area contributed by atoms with E-state index in [1.54, 1.807) is 24.7 Å². The maximum Gasteiger partial charge on any atom is 0.372 e. The second-order valence-corrected chi connectivity index (χ2v) is 6.21. The van der Waals surface area contributed by atoms with Gasteiger partial charge in [0.1, 0.15) is 12.2 Å². The Bertz CT molecular complexity index is 916. The lowest BCUT2D eigenvalue weighted by atomic mass is 9.97. The predicted molar refractivity (Wildman–Crippen MR) is 91.7 cm³/mol. The summed E-state index contributed by atoms with van der Waals surface area (Å²) in [6.07, 6.45) is 5.35. The van der Waals surface area contributed by atoms with Gasteiger partial charge in [0.2, 0.25) is 11.5 Å². The molecular weight excluding hydrogens is 322 g/mol. The van der Waals surface area contributed by atoms with Gasteiger partial charge in [0.05, 0.1) is 6.20 Å². The summed E-state index contributed by atoms with van der Waals surface area (Å²) in [5, 5.41) is 19.9. The third kappa shape index (κ3) is 2.61. The Hall–Kier alpha value is -2.97. The normalized spacial score (nSPS) is 18.0. The zero-order chi connectivity index (χ0) is 17.4. The molecule has 4 rings (SSSR count). The molecule has 0 aromatic carbocycles.